The number of likely N-dealkylation sites (N-methyl/N-ethyl adjacent to an activating group) is 1. The minimum atomic E-state index is -3.54. The molecular weight excluding hydrogens is 875 g/mol. The number of ether oxygens (including phenoxy) is 2. The number of hydrogen-bond acceptors (Lipinski definition) is 12. The topological polar surface area (TPSA) is 253 Å². The van der Waals surface area contributed by atoms with Crippen LogP contribution in [0.5, 0.6) is 23.0 Å². The van der Waals surface area contributed by atoms with Gasteiger partial charge in [-0.1, -0.05) is 49.1 Å². The molecule has 3 amide bonds. The zero-order valence-electron chi connectivity index (χ0n) is 37.1. The van der Waals surface area contributed by atoms with Crippen molar-refractivity contribution in [2.45, 2.75) is 24.9 Å². The van der Waals surface area contributed by atoms with E-state index in [1.807, 2.05) is 97.9 Å². The van der Waals surface area contributed by atoms with E-state index in [0.717, 1.165) is 11.2 Å². The van der Waals surface area contributed by atoms with Crippen molar-refractivity contribution in [2.75, 3.05) is 58.3 Å². The van der Waals surface area contributed by atoms with Gasteiger partial charge in [0.1, 0.15) is 57.1 Å². The van der Waals surface area contributed by atoms with Crippen molar-refractivity contribution in [2.24, 2.45) is 11.5 Å². The van der Waals surface area contributed by atoms with Crippen LogP contribution in [0.4, 0.5) is 11.6 Å². The van der Waals surface area contributed by atoms with Gasteiger partial charge < -0.3 is 42.2 Å². The molecule has 0 unspecified atom stereocenters. The van der Waals surface area contributed by atoms with Gasteiger partial charge in [-0.2, -0.15) is 14.5 Å². The zero-order valence-corrected chi connectivity index (χ0v) is 38.0. The van der Waals surface area contributed by atoms with Gasteiger partial charge in [0.05, 0.1) is 12.1 Å². The molecule has 18 nitrogen and oxygen atoms in total. The second-order valence-corrected chi connectivity index (χ2v) is 18.0. The summed E-state index contributed by atoms with van der Waals surface area (Å²) in [6, 6.07) is 32.6. The summed E-state index contributed by atoms with van der Waals surface area (Å²) in [5, 5.41) is 10.1. The molecule has 19 heteroatoms. The van der Waals surface area contributed by atoms with E-state index in [2.05, 4.69) is 16.8 Å². The first kappa shape index (κ1) is 47.2. The molecule has 8 rings (SSSR count). The Kier molecular flexibility index (Phi) is 14.5. The summed E-state index contributed by atoms with van der Waals surface area (Å²) >= 11 is 0. The maximum atomic E-state index is 12.5. The van der Waals surface area contributed by atoms with Crippen LogP contribution < -0.4 is 32.4 Å². The highest BCUT2D eigenvalue weighted by Crippen LogP contribution is 2.36. The van der Waals surface area contributed by atoms with Crippen LogP contribution in [-0.2, 0) is 14.8 Å². The molecular formula is C48H53N11O7S. The summed E-state index contributed by atoms with van der Waals surface area (Å²) in [6.45, 7) is 5.58. The van der Waals surface area contributed by atoms with E-state index < -0.39 is 21.8 Å². The fraction of sp³-hybridized carbons (Fsp3) is 0.229. The number of hydrogen-bond donors (Lipinski definition) is 4. The second-order valence-electron chi connectivity index (χ2n) is 16.1. The van der Waals surface area contributed by atoms with Crippen LogP contribution in [0.2, 0.25) is 0 Å². The van der Waals surface area contributed by atoms with Crippen molar-refractivity contribution in [3.8, 4) is 45.5 Å². The molecule has 2 fully saturated rings. The molecule has 4 heterocycles. The van der Waals surface area contributed by atoms with Gasteiger partial charge in [-0.15, -0.1) is 0 Å². The average Bonchev–Trinajstić information content (AvgIpc) is 4.14. The minimum absolute atomic E-state index is 0.0515. The molecule has 0 aliphatic carbocycles. The summed E-state index contributed by atoms with van der Waals surface area (Å²) < 4.78 is 40.2. The number of benzene rings is 4. The Bertz CT molecular complexity index is 2870. The van der Waals surface area contributed by atoms with Crippen molar-refractivity contribution in [3.63, 3.8) is 0 Å². The number of rotatable bonds is 15. The van der Waals surface area contributed by atoms with Crippen molar-refractivity contribution in [3.05, 3.63) is 144 Å². The van der Waals surface area contributed by atoms with Crippen molar-refractivity contribution in [1.82, 2.24) is 33.7 Å². The van der Waals surface area contributed by atoms with E-state index in [-0.39, 0.29) is 47.3 Å². The lowest BCUT2D eigenvalue weighted by Gasteiger charge is -2.16. The normalized spacial score (nSPS) is 16.2. The van der Waals surface area contributed by atoms with Crippen LogP contribution in [0.25, 0.3) is 22.5 Å². The van der Waals surface area contributed by atoms with Gasteiger partial charge in [0.25, 0.3) is 11.8 Å². The van der Waals surface area contributed by atoms with E-state index in [1.165, 1.54) is 8.99 Å². The first-order valence-corrected chi connectivity index (χ1v) is 22.9. The van der Waals surface area contributed by atoms with Gasteiger partial charge in [-0.05, 0) is 99.7 Å². The first-order chi connectivity index (χ1) is 32.1. The third-order valence-electron chi connectivity index (χ3n) is 11.2. The third kappa shape index (κ3) is 11.0. The number of primary amides is 2. The molecule has 4 aromatic carbocycles. The number of carbonyl (C=O) groups excluding carboxylic acids is 3. The fourth-order valence-corrected chi connectivity index (χ4v) is 8.76. The number of para-hydroxylation sites is 2. The maximum Gasteiger partial charge on any atom is 0.254 e. The lowest BCUT2D eigenvalue weighted by Crippen LogP contribution is -2.28. The van der Waals surface area contributed by atoms with Crippen LogP contribution >= 0.6 is 0 Å². The predicted molar refractivity (Wildman–Crippen MR) is 256 cm³/mol. The van der Waals surface area contributed by atoms with Crippen molar-refractivity contribution in [1.29, 1.82) is 0 Å². The standard InChI is InChI=1S/C26H30N6O3.C22H23N5O4S/c1-30(2)15-6-9-22(33)31-16-14-19(17-31)32-25(27)23(26(28)34)24(29-32)18-10-12-21(13-11-18)35-20-7-4-3-5-8-20;1-2-32(29,30)26-13-12-16(14-26)27-21(23)19(22(24)28)20(25-27)15-8-10-18(11-9-15)31-17-6-4-3-5-7-17/h3-13,19H,14-17,27H2,1-2H3,(H2,28,34);2-11,16H,1,12-14,23H2,(H2,24,28)/b9-6+;/t19-;16-/m11/s1. The molecule has 8 N–H and O–H groups in total. The molecule has 0 radical (unpaired) electrons. The molecule has 0 spiro atoms. The summed E-state index contributed by atoms with van der Waals surface area (Å²) in [5.74, 6) is 1.61. The summed E-state index contributed by atoms with van der Waals surface area (Å²) in [6.07, 6.45) is 4.61. The molecule has 2 aliphatic rings. The zero-order chi connectivity index (χ0) is 47.8. The minimum Gasteiger partial charge on any atom is -0.457 e. The van der Waals surface area contributed by atoms with Gasteiger partial charge in [0, 0.05) is 55.3 Å². The number of anilines is 2. The Balaban J connectivity index is 0.000000200. The van der Waals surface area contributed by atoms with Gasteiger partial charge in [-0.25, -0.2) is 17.8 Å². The highest BCUT2D eigenvalue weighted by molar-refractivity contribution is 7.92. The number of amides is 3. The second kappa shape index (κ2) is 20.6. The molecule has 2 aliphatic heterocycles. The molecule has 2 saturated heterocycles. The van der Waals surface area contributed by atoms with Crippen molar-refractivity contribution >= 4 is 39.4 Å². The van der Waals surface area contributed by atoms with E-state index in [0.29, 0.717) is 78.8 Å². The van der Waals surface area contributed by atoms with Crippen LogP contribution in [0, 0.1) is 0 Å². The first-order valence-electron chi connectivity index (χ1n) is 21.4. The van der Waals surface area contributed by atoms with Crippen LogP contribution in [0.15, 0.2) is 133 Å². The molecule has 348 valence electrons. The molecule has 0 bridgehead atoms. The lowest BCUT2D eigenvalue weighted by atomic mass is 10.1. The fourth-order valence-electron chi connectivity index (χ4n) is 7.81. The number of carbonyl (C=O) groups is 3. The smallest absolute Gasteiger partial charge is 0.254 e. The maximum absolute atomic E-state index is 12.5. The Hall–Kier alpha value is -7.74. The Morgan fingerprint density at radius 2 is 1.12 bits per heavy atom. The molecule has 0 saturated carbocycles. The van der Waals surface area contributed by atoms with E-state index in [4.69, 9.17) is 32.4 Å². The quantitative estimate of drug-likeness (QED) is 0.0911. The summed E-state index contributed by atoms with van der Waals surface area (Å²) in [7, 11) is 0.342. The van der Waals surface area contributed by atoms with E-state index in [1.54, 1.807) is 52.1 Å². The number of aromatic nitrogens is 4. The SMILES string of the molecule is C=CS(=O)(=O)N1CC[C@@H](n2nc(-c3ccc(Oc4ccccc4)cc3)c(C(N)=O)c2N)C1.CN(C)C/C=C/C(=O)N1CC[C@@H](n2nc(-c3ccc(Oc4ccccc4)cc3)c(C(N)=O)c2N)C1. The Labute approximate surface area is 388 Å². The molecule has 2 aromatic heterocycles. The predicted octanol–water partition coefficient (Wildman–Crippen LogP) is 5.66. The van der Waals surface area contributed by atoms with Gasteiger partial charge >= 0.3 is 0 Å². The van der Waals surface area contributed by atoms with Crippen LogP contribution in [-0.4, -0.2) is 107 Å². The Morgan fingerprint density at radius 1 is 0.687 bits per heavy atom. The van der Waals surface area contributed by atoms with Crippen LogP contribution in [0.1, 0.15) is 45.6 Å². The number of nitrogens with zero attached hydrogens (tertiary/aromatic N) is 7. The van der Waals surface area contributed by atoms with Crippen LogP contribution in [0.3, 0.4) is 0 Å². The van der Waals surface area contributed by atoms with Gasteiger partial charge in [0.2, 0.25) is 15.9 Å². The van der Waals surface area contributed by atoms with Crippen molar-refractivity contribution < 1.29 is 32.3 Å². The average molecular weight is 928 g/mol. The highest BCUT2D eigenvalue weighted by atomic mass is 32.2. The monoisotopic (exact) mass is 927 g/mol. The number of nitrogen functional groups attached to an aromatic ring is 2. The number of likely N-dealkylation sites (tertiary alicyclic amines) is 1. The summed E-state index contributed by atoms with van der Waals surface area (Å²) in [5.41, 5.74) is 26.2. The summed E-state index contributed by atoms with van der Waals surface area (Å²) in [4.78, 5) is 40.7. The molecule has 67 heavy (non-hydrogen) atoms. The largest absolute Gasteiger partial charge is 0.457 e. The Morgan fingerprint density at radius 3 is 1.55 bits per heavy atom. The lowest BCUT2D eigenvalue weighted by molar-refractivity contribution is -0.125. The molecule has 6 aromatic rings. The number of nitrogens with two attached hydrogens (primary N) is 4. The van der Waals surface area contributed by atoms with Gasteiger partial charge in [-0.3, -0.25) is 14.4 Å². The molecule has 2 atom stereocenters. The van der Waals surface area contributed by atoms with E-state index in [9.17, 15) is 22.8 Å². The van der Waals surface area contributed by atoms with Gasteiger partial charge in [0.15, 0.2) is 0 Å². The highest BCUT2D eigenvalue weighted by Gasteiger charge is 2.35. The van der Waals surface area contributed by atoms with E-state index >= 15 is 0 Å². The third-order valence-corrected chi connectivity index (χ3v) is 12.7. The number of sulfonamides is 1.